The summed E-state index contributed by atoms with van der Waals surface area (Å²) in [5.74, 6) is -0.397. The van der Waals surface area contributed by atoms with Crippen LogP contribution in [0.15, 0.2) is 12.2 Å². The smallest absolute Gasteiger partial charge is 0.306 e. The van der Waals surface area contributed by atoms with E-state index < -0.39 is 6.10 Å². The van der Waals surface area contributed by atoms with Crippen molar-refractivity contribution in [1.29, 1.82) is 0 Å². The van der Waals surface area contributed by atoms with E-state index >= 15 is 0 Å². The summed E-state index contributed by atoms with van der Waals surface area (Å²) < 4.78 is 17.2. The lowest BCUT2D eigenvalue weighted by Crippen LogP contribution is -2.30. The molecule has 0 radical (unpaired) electrons. The van der Waals surface area contributed by atoms with Crippen molar-refractivity contribution >= 4 is 11.9 Å². The third kappa shape index (κ3) is 43.4. The van der Waals surface area contributed by atoms with Crippen LogP contribution in [0.2, 0.25) is 0 Å². The highest BCUT2D eigenvalue weighted by molar-refractivity contribution is 5.70. The van der Waals surface area contributed by atoms with Crippen molar-refractivity contribution in [3.63, 3.8) is 0 Å². The SMILES string of the molecule is CCCCCC/C=C\CCCCCCCCOCC(COC(=O)CCCCCCCCCCCCCCCCCCCCC)OC(=O)CCCCCCC. The van der Waals surface area contributed by atoms with E-state index in [1.54, 1.807) is 0 Å². The normalized spacial score (nSPS) is 12.1. The maximum atomic E-state index is 12.5. The second-order valence-electron chi connectivity index (χ2n) is 16.4. The molecule has 0 aliphatic heterocycles. The van der Waals surface area contributed by atoms with Gasteiger partial charge in [0, 0.05) is 19.4 Å². The van der Waals surface area contributed by atoms with Crippen molar-refractivity contribution in [2.24, 2.45) is 0 Å². The Morgan fingerprint density at radius 1 is 0.389 bits per heavy atom. The number of esters is 2. The van der Waals surface area contributed by atoms with Crippen LogP contribution in [-0.2, 0) is 23.8 Å². The Morgan fingerprint density at radius 3 is 1.15 bits per heavy atom. The molecule has 0 bridgehead atoms. The van der Waals surface area contributed by atoms with Gasteiger partial charge in [-0.05, 0) is 44.9 Å². The van der Waals surface area contributed by atoms with Crippen LogP contribution in [0.1, 0.15) is 265 Å². The highest BCUT2D eigenvalue weighted by Gasteiger charge is 2.17. The number of ether oxygens (including phenoxy) is 3. The van der Waals surface area contributed by atoms with Crippen molar-refractivity contribution in [3.8, 4) is 0 Å². The zero-order valence-corrected chi connectivity index (χ0v) is 36.8. The Balaban J connectivity index is 3.96. The number of rotatable bonds is 45. The summed E-state index contributed by atoms with van der Waals surface area (Å²) in [5.41, 5.74) is 0. The molecule has 0 aliphatic rings. The molecular formula is C49H94O5. The van der Waals surface area contributed by atoms with E-state index in [1.165, 1.54) is 186 Å². The third-order valence-electron chi connectivity index (χ3n) is 10.8. The lowest BCUT2D eigenvalue weighted by atomic mass is 10.0. The second-order valence-corrected chi connectivity index (χ2v) is 16.4. The van der Waals surface area contributed by atoms with E-state index in [0.29, 0.717) is 26.1 Å². The van der Waals surface area contributed by atoms with Crippen LogP contribution in [-0.4, -0.2) is 37.9 Å². The molecule has 5 heteroatoms. The average molecular weight is 763 g/mol. The monoisotopic (exact) mass is 763 g/mol. The number of hydrogen-bond acceptors (Lipinski definition) is 5. The van der Waals surface area contributed by atoms with Crippen LogP contribution in [0, 0.1) is 0 Å². The Labute approximate surface area is 337 Å². The molecule has 1 atom stereocenters. The van der Waals surface area contributed by atoms with Gasteiger partial charge in [-0.15, -0.1) is 0 Å². The van der Waals surface area contributed by atoms with Gasteiger partial charge in [0.2, 0.25) is 0 Å². The van der Waals surface area contributed by atoms with Crippen molar-refractivity contribution < 1.29 is 23.8 Å². The van der Waals surface area contributed by atoms with Gasteiger partial charge in [-0.3, -0.25) is 9.59 Å². The second kappa shape index (κ2) is 46.0. The number of allylic oxidation sites excluding steroid dienone is 2. The molecule has 0 rings (SSSR count). The van der Waals surface area contributed by atoms with Gasteiger partial charge in [-0.1, -0.05) is 219 Å². The summed E-state index contributed by atoms with van der Waals surface area (Å²) in [5, 5.41) is 0. The number of unbranched alkanes of at least 4 members (excludes halogenated alkanes) is 32. The molecule has 54 heavy (non-hydrogen) atoms. The topological polar surface area (TPSA) is 61.8 Å². The molecule has 0 aliphatic carbocycles. The fourth-order valence-corrected chi connectivity index (χ4v) is 7.15. The Hall–Kier alpha value is -1.36. The summed E-state index contributed by atoms with van der Waals surface area (Å²) in [4.78, 5) is 25.0. The Kier molecular flexibility index (Phi) is 44.9. The molecule has 1 unspecified atom stereocenters. The molecular weight excluding hydrogens is 669 g/mol. The van der Waals surface area contributed by atoms with Crippen molar-refractivity contribution in [2.75, 3.05) is 19.8 Å². The summed E-state index contributed by atoms with van der Waals surface area (Å²) in [6.45, 7) is 7.78. The predicted molar refractivity (Wildman–Crippen MR) is 233 cm³/mol. The quantitative estimate of drug-likeness (QED) is 0.0351. The standard InChI is InChI=1S/C49H94O5/c1-4-7-10-13-15-17-19-21-23-24-25-26-27-28-30-32-34-37-39-42-48(50)53-46-47(54-49(51)43-40-36-12-9-6-3)45-52-44-41-38-35-33-31-29-22-20-18-16-14-11-8-5-2/h18,20,47H,4-17,19,21-46H2,1-3H3/b20-18-. The third-order valence-corrected chi connectivity index (χ3v) is 10.8. The van der Waals surface area contributed by atoms with Gasteiger partial charge in [0.25, 0.3) is 0 Å². The molecule has 320 valence electrons. The largest absolute Gasteiger partial charge is 0.462 e. The van der Waals surface area contributed by atoms with Gasteiger partial charge in [0.05, 0.1) is 6.61 Å². The highest BCUT2D eigenvalue weighted by atomic mass is 16.6. The summed E-state index contributed by atoms with van der Waals surface area (Å²) >= 11 is 0. The fourth-order valence-electron chi connectivity index (χ4n) is 7.15. The summed E-state index contributed by atoms with van der Waals surface area (Å²) in [6.07, 6.45) is 51.0. The molecule has 0 spiro atoms. The van der Waals surface area contributed by atoms with Crippen LogP contribution >= 0.6 is 0 Å². The average Bonchev–Trinajstić information content (AvgIpc) is 3.17. The lowest BCUT2D eigenvalue weighted by molar-refractivity contribution is -0.163. The van der Waals surface area contributed by atoms with E-state index in [9.17, 15) is 9.59 Å². The van der Waals surface area contributed by atoms with E-state index in [2.05, 4.69) is 32.9 Å². The van der Waals surface area contributed by atoms with Gasteiger partial charge in [0.1, 0.15) is 6.61 Å². The van der Waals surface area contributed by atoms with Crippen molar-refractivity contribution in [3.05, 3.63) is 12.2 Å². The first-order valence-corrected chi connectivity index (χ1v) is 24.2. The van der Waals surface area contributed by atoms with E-state index in [0.717, 1.165) is 44.9 Å². The molecule has 0 aromatic carbocycles. The van der Waals surface area contributed by atoms with Crippen LogP contribution in [0.5, 0.6) is 0 Å². The van der Waals surface area contributed by atoms with Crippen molar-refractivity contribution in [1.82, 2.24) is 0 Å². The minimum absolute atomic E-state index is 0.0900. The number of carbonyl (C=O) groups excluding carboxylic acids is 2. The van der Waals surface area contributed by atoms with Crippen molar-refractivity contribution in [2.45, 2.75) is 271 Å². The molecule has 0 saturated carbocycles. The summed E-state index contributed by atoms with van der Waals surface area (Å²) in [6, 6.07) is 0. The van der Waals surface area contributed by atoms with Gasteiger partial charge in [-0.25, -0.2) is 0 Å². The van der Waals surface area contributed by atoms with Gasteiger partial charge in [0.15, 0.2) is 6.10 Å². The van der Waals surface area contributed by atoms with Crippen LogP contribution in [0.25, 0.3) is 0 Å². The van der Waals surface area contributed by atoms with Crippen LogP contribution in [0.3, 0.4) is 0 Å². The molecule has 0 N–H and O–H groups in total. The van der Waals surface area contributed by atoms with Gasteiger partial charge < -0.3 is 14.2 Å². The first-order chi connectivity index (χ1) is 26.6. The Morgan fingerprint density at radius 2 is 0.722 bits per heavy atom. The maximum Gasteiger partial charge on any atom is 0.306 e. The van der Waals surface area contributed by atoms with E-state index in [1.807, 2.05) is 0 Å². The highest BCUT2D eigenvalue weighted by Crippen LogP contribution is 2.16. The molecule has 0 saturated heterocycles. The minimum atomic E-state index is -0.526. The van der Waals surface area contributed by atoms with Gasteiger partial charge in [-0.2, -0.15) is 0 Å². The first-order valence-electron chi connectivity index (χ1n) is 24.2. The minimum Gasteiger partial charge on any atom is -0.462 e. The molecule has 0 fully saturated rings. The maximum absolute atomic E-state index is 12.5. The zero-order valence-electron chi connectivity index (χ0n) is 36.8. The van der Waals surface area contributed by atoms with E-state index in [4.69, 9.17) is 14.2 Å². The van der Waals surface area contributed by atoms with Gasteiger partial charge >= 0.3 is 11.9 Å². The number of carbonyl (C=O) groups is 2. The molecule has 0 aromatic heterocycles. The predicted octanol–water partition coefficient (Wildman–Crippen LogP) is 15.9. The molecule has 0 aromatic rings. The molecule has 5 nitrogen and oxygen atoms in total. The molecule has 0 heterocycles. The van der Waals surface area contributed by atoms with Crippen LogP contribution < -0.4 is 0 Å². The van der Waals surface area contributed by atoms with E-state index in [-0.39, 0.29) is 18.5 Å². The lowest BCUT2D eigenvalue weighted by Gasteiger charge is -2.18. The first kappa shape index (κ1) is 52.6. The molecule has 0 amide bonds. The fraction of sp³-hybridized carbons (Fsp3) is 0.918. The Bertz CT molecular complexity index is 780. The van der Waals surface area contributed by atoms with Crippen LogP contribution in [0.4, 0.5) is 0 Å². The number of hydrogen-bond donors (Lipinski definition) is 0. The summed E-state index contributed by atoms with van der Waals surface area (Å²) in [7, 11) is 0. The zero-order chi connectivity index (χ0) is 39.3.